The van der Waals surface area contributed by atoms with Gasteiger partial charge in [0.2, 0.25) is 0 Å². The lowest BCUT2D eigenvalue weighted by atomic mass is 10.0. The molecule has 2 aromatic rings. The SMILES string of the molecule is [2H]CC1OC(n2cnc3c2N=C(NC(=O)COc2ccc(C(C)C)cc2)CC3=O)C(OC)C1OP(C#C)N(C(C)C)C(C)C. The summed E-state index contributed by atoms with van der Waals surface area (Å²) in [7, 11) is 0.0716. The van der Waals surface area contributed by atoms with Crippen LogP contribution >= 0.6 is 8.30 Å². The van der Waals surface area contributed by atoms with E-state index >= 15 is 0 Å². The van der Waals surface area contributed by atoms with Crippen LogP contribution in [-0.2, 0) is 18.8 Å². The second-order valence-electron chi connectivity index (χ2n) is 11.3. The van der Waals surface area contributed by atoms with E-state index in [4.69, 9.17) is 26.5 Å². The van der Waals surface area contributed by atoms with Crippen molar-refractivity contribution in [2.45, 2.75) is 97.4 Å². The molecule has 1 fully saturated rings. The summed E-state index contributed by atoms with van der Waals surface area (Å²) in [5.41, 5.74) is 4.13. The van der Waals surface area contributed by atoms with Gasteiger partial charge in [-0.1, -0.05) is 26.0 Å². The molecule has 4 rings (SSSR count). The summed E-state index contributed by atoms with van der Waals surface area (Å²) in [5, 5.41) is 2.69. The van der Waals surface area contributed by atoms with E-state index in [0.29, 0.717) is 11.7 Å². The van der Waals surface area contributed by atoms with Crippen LogP contribution in [0.5, 0.6) is 5.75 Å². The third-order valence-corrected chi connectivity index (χ3v) is 9.24. The Bertz CT molecular complexity index is 1380. The molecule has 3 heterocycles. The summed E-state index contributed by atoms with van der Waals surface area (Å²) < 4.78 is 36.1. The maximum absolute atomic E-state index is 13.0. The van der Waals surface area contributed by atoms with Gasteiger partial charge in [0.05, 0.1) is 18.9 Å². The summed E-state index contributed by atoms with van der Waals surface area (Å²) in [4.78, 5) is 34.6. The molecule has 1 saturated heterocycles. The number of terminal acetylenes is 1. The average molecular weight is 613 g/mol. The van der Waals surface area contributed by atoms with Gasteiger partial charge in [0.25, 0.3) is 5.91 Å². The van der Waals surface area contributed by atoms with Gasteiger partial charge in [0, 0.05) is 20.6 Å². The highest BCUT2D eigenvalue weighted by molar-refractivity contribution is 7.55. The molecule has 0 bridgehead atoms. The van der Waals surface area contributed by atoms with E-state index < -0.39 is 38.7 Å². The number of ether oxygens (including phenoxy) is 3. The predicted octanol–water partition coefficient (Wildman–Crippen LogP) is 5.16. The van der Waals surface area contributed by atoms with Crippen LogP contribution in [0.1, 0.15) is 84.4 Å². The number of carbonyl (C=O) groups excluding carboxylic acids is 2. The Balaban J connectivity index is 1.51. The first kappa shape index (κ1) is 31.3. The van der Waals surface area contributed by atoms with Crippen LogP contribution in [0.15, 0.2) is 35.6 Å². The second-order valence-corrected chi connectivity index (χ2v) is 12.8. The number of carbonyl (C=O) groups is 2. The van der Waals surface area contributed by atoms with Crippen LogP contribution in [-0.4, -0.2) is 75.9 Å². The molecule has 2 aliphatic rings. The van der Waals surface area contributed by atoms with Crippen molar-refractivity contribution in [2.75, 3.05) is 13.7 Å². The molecule has 0 radical (unpaired) electrons. The van der Waals surface area contributed by atoms with Gasteiger partial charge >= 0.3 is 0 Å². The number of rotatable bonds is 11. The van der Waals surface area contributed by atoms with Crippen LogP contribution in [0.2, 0.25) is 0 Å². The summed E-state index contributed by atoms with van der Waals surface area (Å²) in [6, 6.07) is 7.83. The van der Waals surface area contributed by atoms with Gasteiger partial charge in [0.1, 0.15) is 23.8 Å². The van der Waals surface area contributed by atoms with E-state index in [-0.39, 0.29) is 55.1 Å². The molecule has 5 unspecified atom stereocenters. The van der Waals surface area contributed by atoms with E-state index in [1.165, 1.54) is 19.0 Å². The van der Waals surface area contributed by atoms with Crippen LogP contribution in [0, 0.1) is 12.1 Å². The number of aliphatic imine (C=N–C) groups is 1. The number of benzene rings is 1. The molecule has 1 N–H and O–H groups in total. The molecule has 12 heteroatoms. The molecule has 11 nitrogen and oxygen atoms in total. The fourth-order valence-corrected chi connectivity index (χ4v) is 6.84. The highest BCUT2D eigenvalue weighted by Crippen LogP contribution is 2.49. The highest BCUT2D eigenvalue weighted by Gasteiger charge is 2.48. The molecule has 1 amide bonds. The summed E-state index contributed by atoms with van der Waals surface area (Å²) in [6.07, 6.45) is 4.48. The third kappa shape index (κ3) is 7.34. The Hall–Kier alpha value is -3.13. The third-order valence-electron chi connectivity index (χ3n) is 7.23. The van der Waals surface area contributed by atoms with Crippen LogP contribution < -0.4 is 10.1 Å². The van der Waals surface area contributed by atoms with Crippen molar-refractivity contribution >= 4 is 31.6 Å². The van der Waals surface area contributed by atoms with Gasteiger partial charge in [-0.05, 0) is 63.9 Å². The van der Waals surface area contributed by atoms with Gasteiger partial charge in [-0.15, -0.1) is 6.42 Å². The van der Waals surface area contributed by atoms with E-state index in [1.807, 2.05) is 24.3 Å². The Morgan fingerprint density at radius 1 is 1.23 bits per heavy atom. The molecular formula is C31H42N5O6P. The minimum Gasteiger partial charge on any atom is -0.484 e. The number of amidine groups is 1. The van der Waals surface area contributed by atoms with E-state index in [2.05, 4.69) is 67.2 Å². The number of ketones is 1. The lowest BCUT2D eigenvalue weighted by molar-refractivity contribution is -0.121. The van der Waals surface area contributed by atoms with Gasteiger partial charge < -0.3 is 24.1 Å². The van der Waals surface area contributed by atoms with Gasteiger partial charge in [-0.25, -0.2) is 14.6 Å². The molecule has 2 aliphatic heterocycles. The van der Waals surface area contributed by atoms with Crippen molar-refractivity contribution < 1.29 is 29.7 Å². The summed E-state index contributed by atoms with van der Waals surface area (Å²) in [6.45, 7) is 12.1. The van der Waals surface area contributed by atoms with Crippen molar-refractivity contribution in [3.05, 3.63) is 41.9 Å². The number of amides is 1. The van der Waals surface area contributed by atoms with Crippen molar-refractivity contribution in [2.24, 2.45) is 4.99 Å². The number of fused-ring (bicyclic) bond motifs is 1. The Kier molecular flexibility index (Phi) is 10.3. The van der Waals surface area contributed by atoms with E-state index in [1.54, 1.807) is 4.57 Å². The molecule has 1 aromatic carbocycles. The van der Waals surface area contributed by atoms with E-state index in [9.17, 15) is 9.59 Å². The van der Waals surface area contributed by atoms with Gasteiger partial charge in [-0.3, -0.25) is 14.2 Å². The molecule has 1 aromatic heterocycles. The monoisotopic (exact) mass is 612 g/mol. The van der Waals surface area contributed by atoms with Crippen molar-refractivity contribution in [1.29, 1.82) is 0 Å². The minimum atomic E-state index is -1.46. The maximum Gasteiger partial charge on any atom is 0.263 e. The van der Waals surface area contributed by atoms with Crippen molar-refractivity contribution in [3.8, 4) is 17.8 Å². The van der Waals surface area contributed by atoms with Gasteiger partial charge in [0.15, 0.2) is 38.4 Å². The largest absolute Gasteiger partial charge is 0.484 e. The first-order valence-corrected chi connectivity index (χ1v) is 15.6. The summed E-state index contributed by atoms with van der Waals surface area (Å²) in [5.74, 6) is 0.601. The molecule has 43 heavy (non-hydrogen) atoms. The standard InChI is InChI=1S/C31H42N5O6P/c1-10-43(36(19(4)5)20(6)7)42-28-21(8)41-31(29(28)39-9)35-17-32-27-24(37)15-25(34-30(27)35)33-26(38)16-40-23-13-11-22(12-14-23)18(2)3/h1,11-14,17-21,28-29,31H,15-16H2,2-9H3,(H,33,34,38)/i8D. The summed E-state index contributed by atoms with van der Waals surface area (Å²) >= 11 is 0. The number of imidazole rings is 1. The second kappa shape index (κ2) is 14.1. The normalized spacial score (nSPS) is 22.9. The first-order valence-electron chi connectivity index (χ1n) is 15.1. The predicted molar refractivity (Wildman–Crippen MR) is 166 cm³/mol. The quantitative estimate of drug-likeness (QED) is 0.273. The minimum absolute atomic E-state index is 0.0985. The molecular weight excluding hydrogens is 569 g/mol. The average Bonchev–Trinajstić information content (AvgIpc) is 3.56. The van der Waals surface area contributed by atoms with E-state index in [0.717, 1.165) is 0 Å². The first-order chi connectivity index (χ1) is 21.0. The Morgan fingerprint density at radius 2 is 1.93 bits per heavy atom. The molecule has 5 atom stereocenters. The van der Waals surface area contributed by atoms with Crippen molar-refractivity contribution in [1.82, 2.24) is 19.5 Å². The smallest absolute Gasteiger partial charge is 0.263 e. The topological polar surface area (TPSA) is 117 Å². The van der Waals surface area contributed by atoms with Crippen LogP contribution in [0.25, 0.3) is 0 Å². The molecule has 0 saturated carbocycles. The fourth-order valence-electron chi connectivity index (χ4n) is 5.21. The number of nitrogens with one attached hydrogen (secondary N) is 1. The number of methoxy groups -OCH3 is 1. The highest BCUT2D eigenvalue weighted by atomic mass is 31.2. The number of nitrogens with zero attached hydrogens (tertiary/aromatic N) is 4. The lowest BCUT2D eigenvalue weighted by Crippen LogP contribution is -2.38. The Labute approximate surface area is 256 Å². The lowest BCUT2D eigenvalue weighted by Gasteiger charge is -2.36. The van der Waals surface area contributed by atoms with Crippen LogP contribution in [0.4, 0.5) is 5.82 Å². The number of aromatic nitrogens is 2. The zero-order chi connectivity index (χ0) is 32.1. The zero-order valence-corrected chi connectivity index (χ0v) is 26.7. The molecule has 0 aliphatic carbocycles. The maximum atomic E-state index is 13.0. The number of Topliss-reactive ketones (excluding diaryl/α,β-unsaturated/α-hetero) is 1. The van der Waals surface area contributed by atoms with Crippen molar-refractivity contribution in [3.63, 3.8) is 0 Å². The molecule has 232 valence electrons. The fraction of sp³-hybridized carbons (Fsp3) is 0.548. The zero-order valence-electron chi connectivity index (χ0n) is 26.8. The number of hydrogen-bond donors (Lipinski definition) is 1. The molecule has 0 spiro atoms. The van der Waals surface area contributed by atoms with Crippen LogP contribution in [0.3, 0.4) is 0 Å². The Morgan fingerprint density at radius 3 is 2.51 bits per heavy atom. The van der Waals surface area contributed by atoms with Gasteiger partial charge in [-0.2, -0.15) is 0 Å². The number of hydrogen-bond acceptors (Lipinski definition) is 9.